The van der Waals surface area contributed by atoms with Crippen molar-refractivity contribution < 1.29 is 0 Å². The van der Waals surface area contributed by atoms with Gasteiger partial charge in [0, 0.05) is 6.04 Å². The molecule has 1 saturated carbocycles. The molecule has 2 rings (SSSR count). The van der Waals surface area contributed by atoms with Crippen molar-refractivity contribution in [3.8, 4) is 0 Å². The molecule has 0 spiro atoms. The van der Waals surface area contributed by atoms with E-state index in [9.17, 15) is 0 Å². The molecule has 1 aliphatic rings. The maximum Gasteiger partial charge on any atom is 0.0758 e. The SMILES string of the molecule is CC1(C)C(C(N)c2cc(Br)sc2Br)C1(C)C. The zero-order chi connectivity index (χ0) is 12.3. The second kappa shape index (κ2) is 3.81. The lowest BCUT2D eigenvalue weighted by Crippen LogP contribution is -2.16. The average molecular weight is 367 g/mol. The number of thiophene rings is 1. The fraction of sp³-hybridized carbons (Fsp3) is 0.667. The Hall–Kier alpha value is 0.620. The summed E-state index contributed by atoms with van der Waals surface area (Å²) in [6.07, 6.45) is 0. The topological polar surface area (TPSA) is 26.0 Å². The average Bonchev–Trinajstić information content (AvgIpc) is 2.37. The summed E-state index contributed by atoms with van der Waals surface area (Å²) < 4.78 is 2.30. The molecule has 1 aromatic heterocycles. The molecule has 0 radical (unpaired) electrons. The van der Waals surface area contributed by atoms with Crippen molar-refractivity contribution in [1.29, 1.82) is 0 Å². The number of hydrogen-bond donors (Lipinski definition) is 1. The Labute approximate surface area is 118 Å². The Balaban J connectivity index is 2.29. The lowest BCUT2D eigenvalue weighted by Gasteiger charge is -2.13. The van der Waals surface area contributed by atoms with Crippen LogP contribution in [0.2, 0.25) is 0 Å². The van der Waals surface area contributed by atoms with Gasteiger partial charge in [-0.05, 0) is 60.2 Å². The van der Waals surface area contributed by atoms with Crippen LogP contribution in [0, 0.1) is 16.7 Å². The van der Waals surface area contributed by atoms with Gasteiger partial charge in [0.1, 0.15) is 0 Å². The van der Waals surface area contributed by atoms with E-state index in [1.165, 1.54) is 5.56 Å². The van der Waals surface area contributed by atoms with E-state index in [-0.39, 0.29) is 6.04 Å². The molecule has 0 bridgehead atoms. The molecule has 0 aliphatic heterocycles. The maximum atomic E-state index is 6.42. The summed E-state index contributed by atoms with van der Waals surface area (Å²) in [5.74, 6) is 0.554. The van der Waals surface area contributed by atoms with Gasteiger partial charge in [0.15, 0.2) is 0 Å². The van der Waals surface area contributed by atoms with Gasteiger partial charge in [-0.15, -0.1) is 11.3 Å². The van der Waals surface area contributed by atoms with Crippen molar-refractivity contribution in [3.05, 3.63) is 19.2 Å². The lowest BCUT2D eigenvalue weighted by molar-refractivity contribution is 0.457. The molecule has 1 aromatic rings. The van der Waals surface area contributed by atoms with E-state index in [0.29, 0.717) is 16.7 Å². The molecule has 16 heavy (non-hydrogen) atoms. The first-order valence-corrected chi connectivity index (χ1v) is 7.80. The van der Waals surface area contributed by atoms with Crippen molar-refractivity contribution in [2.75, 3.05) is 0 Å². The Morgan fingerprint density at radius 3 is 2.06 bits per heavy atom. The fourth-order valence-corrected chi connectivity index (χ4v) is 5.86. The summed E-state index contributed by atoms with van der Waals surface area (Å²) in [6.45, 7) is 9.25. The van der Waals surface area contributed by atoms with Crippen LogP contribution in [0.1, 0.15) is 39.3 Å². The first-order valence-electron chi connectivity index (χ1n) is 5.40. The van der Waals surface area contributed by atoms with Gasteiger partial charge in [0.05, 0.1) is 7.57 Å². The van der Waals surface area contributed by atoms with Crippen molar-refractivity contribution >= 4 is 43.2 Å². The number of nitrogens with two attached hydrogens (primary N) is 1. The highest BCUT2D eigenvalue weighted by Crippen LogP contribution is 2.72. The Morgan fingerprint density at radius 1 is 1.25 bits per heavy atom. The quantitative estimate of drug-likeness (QED) is 0.786. The van der Waals surface area contributed by atoms with Crippen molar-refractivity contribution in [2.45, 2.75) is 33.7 Å². The molecule has 1 heterocycles. The minimum atomic E-state index is 0.127. The van der Waals surface area contributed by atoms with Crippen LogP contribution in [-0.2, 0) is 0 Å². The van der Waals surface area contributed by atoms with Gasteiger partial charge in [-0.25, -0.2) is 0 Å². The third-order valence-corrected chi connectivity index (χ3v) is 6.92. The summed E-state index contributed by atoms with van der Waals surface area (Å²) >= 11 is 8.80. The van der Waals surface area contributed by atoms with Gasteiger partial charge in [-0.1, -0.05) is 27.7 Å². The Bertz CT molecular complexity index is 409. The molecule has 90 valence electrons. The van der Waals surface area contributed by atoms with Gasteiger partial charge in [0.25, 0.3) is 0 Å². The molecule has 0 amide bonds. The van der Waals surface area contributed by atoms with E-state index < -0.39 is 0 Å². The summed E-state index contributed by atoms with van der Waals surface area (Å²) in [6, 6.07) is 2.27. The number of halogens is 2. The minimum absolute atomic E-state index is 0.127. The summed E-state index contributed by atoms with van der Waals surface area (Å²) in [7, 11) is 0. The smallest absolute Gasteiger partial charge is 0.0758 e. The van der Waals surface area contributed by atoms with E-state index in [2.05, 4.69) is 65.6 Å². The first kappa shape index (κ1) is 13.1. The van der Waals surface area contributed by atoms with Crippen LogP contribution >= 0.6 is 43.2 Å². The molecule has 1 nitrogen and oxygen atoms in total. The van der Waals surface area contributed by atoms with E-state index >= 15 is 0 Å². The maximum absolute atomic E-state index is 6.42. The van der Waals surface area contributed by atoms with Crippen molar-refractivity contribution in [2.24, 2.45) is 22.5 Å². The van der Waals surface area contributed by atoms with Crippen LogP contribution in [0.5, 0.6) is 0 Å². The van der Waals surface area contributed by atoms with Crippen LogP contribution < -0.4 is 5.73 Å². The lowest BCUT2D eigenvalue weighted by atomic mass is 10.0. The molecular weight excluding hydrogens is 350 g/mol. The molecule has 4 heteroatoms. The van der Waals surface area contributed by atoms with Gasteiger partial charge in [-0.3, -0.25) is 0 Å². The van der Waals surface area contributed by atoms with E-state index in [1.807, 2.05) is 0 Å². The zero-order valence-corrected chi connectivity index (χ0v) is 14.0. The van der Waals surface area contributed by atoms with Crippen LogP contribution in [0.25, 0.3) is 0 Å². The first-order chi connectivity index (χ1) is 7.19. The monoisotopic (exact) mass is 365 g/mol. The summed E-state index contributed by atoms with van der Waals surface area (Å²) in [5, 5.41) is 0. The van der Waals surface area contributed by atoms with Crippen molar-refractivity contribution in [3.63, 3.8) is 0 Å². The summed E-state index contributed by atoms with van der Waals surface area (Å²) in [5.41, 5.74) is 8.33. The van der Waals surface area contributed by atoms with Gasteiger partial charge < -0.3 is 5.73 Å². The molecule has 0 saturated heterocycles. The van der Waals surface area contributed by atoms with Crippen LogP contribution in [-0.4, -0.2) is 0 Å². The van der Waals surface area contributed by atoms with Crippen LogP contribution in [0.15, 0.2) is 13.6 Å². The van der Waals surface area contributed by atoms with Crippen LogP contribution in [0.3, 0.4) is 0 Å². The third-order valence-electron chi connectivity index (χ3n) is 4.53. The minimum Gasteiger partial charge on any atom is -0.324 e. The molecule has 1 aliphatic carbocycles. The van der Waals surface area contributed by atoms with Crippen molar-refractivity contribution in [1.82, 2.24) is 0 Å². The Kier molecular flexibility index (Phi) is 3.11. The predicted molar refractivity (Wildman–Crippen MR) is 77.7 cm³/mol. The van der Waals surface area contributed by atoms with E-state index in [4.69, 9.17) is 5.73 Å². The van der Waals surface area contributed by atoms with Gasteiger partial charge >= 0.3 is 0 Å². The molecule has 0 aromatic carbocycles. The highest BCUT2D eigenvalue weighted by atomic mass is 79.9. The highest BCUT2D eigenvalue weighted by molar-refractivity contribution is 9.12. The second-order valence-corrected chi connectivity index (χ2v) is 9.48. The largest absolute Gasteiger partial charge is 0.324 e. The summed E-state index contributed by atoms with van der Waals surface area (Å²) in [4.78, 5) is 0. The third kappa shape index (κ3) is 1.73. The molecule has 1 fully saturated rings. The normalized spacial score (nSPS) is 24.4. The number of hydrogen-bond acceptors (Lipinski definition) is 2. The molecular formula is C12H17Br2NS. The zero-order valence-electron chi connectivity index (χ0n) is 9.97. The molecule has 1 unspecified atom stereocenters. The highest BCUT2D eigenvalue weighted by Gasteiger charge is 2.66. The van der Waals surface area contributed by atoms with E-state index in [1.54, 1.807) is 11.3 Å². The fourth-order valence-electron chi connectivity index (χ4n) is 2.91. The molecule has 1 atom stereocenters. The van der Waals surface area contributed by atoms with Gasteiger partial charge in [0.2, 0.25) is 0 Å². The van der Waals surface area contributed by atoms with Gasteiger partial charge in [-0.2, -0.15) is 0 Å². The van der Waals surface area contributed by atoms with E-state index in [0.717, 1.165) is 7.57 Å². The number of rotatable bonds is 2. The predicted octanol–water partition coefficient (Wildman–Crippen LogP) is 4.96. The van der Waals surface area contributed by atoms with Crippen LogP contribution in [0.4, 0.5) is 0 Å². The molecule has 2 N–H and O–H groups in total. The standard InChI is InChI=1S/C12H17Br2NS/c1-11(2)9(12(11,3)4)8(15)6-5-7(13)16-10(6)14/h5,8-9H,15H2,1-4H3. The second-order valence-electron chi connectivity index (χ2n) is 5.73. The Morgan fingerprint density at radius 2 is 1.75 bits per heavy atom.